The van der Waals surface area contributed by atoms with Crippen molar-refractivity contribution in [1.82, 2.24) is 19.7 Å². The van der Waals surface area contributed by atoms with Crippen LogP contribution >= 0.6 is 0 Å². The van der Waals surface area contributed by atoms with E-state index in [4.69, 9.17) is 5.11 Å². The molecule has 2 aromatic rings. The quantitative estimate of drug-likeness (QED) is 0.805. The Morgan fingerprint density at radius 1 is 1.33 bits per heavy atom. The van der Waals surface area contributed by atoms with Crippen molar-refractivity contribution in [2.75, 3.05) is 0 Å². The summed E-state index contributed by atoms with van der Waals surface area (Å²) in [6, 6.07) is 1.92. The van der Waals surface area contributed by atoms with E-state index in [1.165, 1.54) is 0 Å². The van der Waals surface area contributed by atoms with Crippen molar-refractivity contribution in [1.29, 1.82) is 0 Å². The van der Waals surface area contributed by atoms with Gasteiger partial charge in [0.2, 0.25) is 0 Å². The van der Waals surface area contributed by atoms with Crippen LogP contribution in [0.2, 0.25) is 0 Å². The third kappa shape index (κ3) is 1.87. The lowest BCUT2D eigenvalue weighted by molar-refractivity contribution is 0.192. The number of hydrogen-bond acceptors (Lipinski definition) is 4. The molecule has 0 bridgehead atoms. The molecule has 0 unspecified atom stereocenters. The Bertz CT molecular complexity index is 416. The van der Waals surface area contributed by atoms with Gasteiger partial charge in [0.05, 0.1) is 6.20 Å². The molecule has 0 saturated heterocycles. The van der Waals surface area contributed by atoms with Gasteiger partial charge in [-0.05, 0) is 12.5 Å². The molecule has 2 heterocycles. The second-order valence-electron chi connectivity index (χ2n) is 3.11. The van der Waals surface area contributed by atoms with E-state index in [1.54, 1.807) is 23.3 Å². The molecule has 0 radical (unpaired) electrons. The molecule has 0 spiro atoms. The maximum Gasteiger partial charge on any atom is 0.136 e. The maximum absolute atomic E-state index is 9.07. The fourth-order valence-electron chi connectivity index (χ4n) is 1.42. The molecule has 2 rings (SSSR count). The van der Waals surface area contributed by atoms with Gasteiger partial charge in [-0.15, -0.1) is 0 Å². The molecule has 0 atom stereocenters. The van der Waals surface area contributed by atoms with Crippen molar-refractivity contribution in [3.63, 3.8) is 0 Å². The molecule has 0 aromatic carbocycles. The Labute approximate surface area is 87.4 Å². The molecule has 0 saturated carbocycles. The number of aliphatic hydroxyl groups is 1. The number of rotatable bonds is 3. The first-order chi connectivity index (χ1) is 7.35. The predicted octanol–water partition coefficient (Wildman–Crippen LogP) is 0.852. The Morgan fingerprint density at radius 3 is 2.73 bits per heavy atom. The van der Waals surface area contributed by atoms with Crippen molar-refractivity contribution in [2.24, 2.45) is 0 Å². The highest BCUT2D eigenvalue weighted by Crippen LogP contribution is 2.15. The van der Waals surface area contributed by atoms with Crippen LogP contribution in [0.4, 0.5) is 0 Å². The van der Waals surface area contributed by atoms with Crippen molar-refractivity contribution in [3.05, 3.63) is 30.4 Å². The monoisotopic (exact) mass is 204 g/mol. The van der Waals surface area contributed by atoms with Gasteiger partial charge < -0.3 is 5.11 Å². The van der Waals surface area contributed by atoms with Gasteiger partial charge in [-0.3, -0.25) is 9.97 Å². The highest BCUT2D eigenvalue weighted by molar-refractivity contribution is 5.52. The van der Waals surface area contributed by atoms with Crippen LogP contribution in [-0.4, -0.2) is 24.9 Å². The van der Waals surface area contributed by atoms with Gasteiger partial charge in [0.15, 0.2) is 0 Å². The Balaban J connectivity index is 2.42. The van der Waals surface area contributed by atoms with Crippen LogP contribution in [0.1, 0.15) is 12.6 Å². The molecule has 0 fully saturated rings. The van der Waals surface area contributed by atoms with Crippen molar-refractivity contribution in [2.45, 2.75) is 20.1 Å². The van der Waals surface area contributed by atoms with Crippen LogP contribution in [0.25, 0.3) is 11.4 Å². The molecule has 15 heavy (non-hydrogen) atoms. The molecule has 5 nitrogen and oxygen atoms in total. The standard InChI is InChI=1S/C10H12N4O/c1-2-8-5-9(13-14(8)7-15)10-6-11-3-4-12-10/h3-6,15H,2,7H2,1H3. The Kier molecular flexibility index (Phi) is 2.73. The first-order valence-corrected chi connectivity index (χ1v) is 4.79. The van der Waals surface area contributed by atoms with E-state index < -0.39 is 0 Å². The van der Waals surface area contributed by atoms with Gasteiger partial charge in [-0.1, -0.05) is 6.92 Å². The second-order valence-corrected chi connectivity index (χ2v) is 3.11. The first kappa shape index (κ1) is 9.79. The van der Waals surface area contributed by atoms with E-state index in [2.05, 4.69) is 15.1 Å². The molecule has 0 amide bonds. The van der Waals surface area contributed by atoms with Crippen LogP contribution in [0, 0.1) is 0 Å². The second kappa shape index (κ2) is 4.18. The van der Waals surface area contributed by atoms with Crippen LogP contribution in [0.15, 0.2) is 24.7 Å². The number of hydrogen-bond donors (Lipinski definition) is 1. The zero-order chi connectivity index (χ0) is 10.7. The number of aromatic nitrogens is 4. The zero-order valence-corrected chi connectivity index (χ0v) is 8.46. The first-order valence-electron chi connectivity index (χ1n) is 4.79. The third-order valence-corrected chi connectivity index (χ3v) is 2.19. The van der Waals surface area contributed by atoms with E-state index in [-0.39, 0.29) is 6.73 Å². The number of aryl methyl sites for hydroxylation is 1. The largest absolute Gasteiger partial charge is 0.374 e. The van der Waals surface area contributed by atoms with Crippen LogP contribution < -0.4 is 0 Å². The number of nitrogens with zero attached hydrogens (tertiary/aromatic N) is 4. The molecule has 78 valence electrons. The van der Waals surface area contributed by atoms with E-state index >= 15 is 0 Å². The zero-order valence-electron chi connectivity index (χ0n) is 8.46. The van der Waals surface area contributed by atoms with Gasteiger partial charge in [0, 0.05) is 18.1 Å². The van der Waals surface area contributed by atoms with Gasteiger partial charge in [-0.2, -0.15) is 5.10 Å². The molecular formula is C10H12N4O. The summed E-state index contributed by atoms with van der Waals surface area (Å²) >= 11 is 0. The van der Waals surface area contributed by atoms with Crippen molar-refractivity contribution in [3.8, 4) is 11.4 Å². The highest BCUT2D eigenvalue weighted by atomic mass is 16.3. The summed E-state index contributed by atoms with van der Waals surface area (Å²) in [5.74, 6) is 0. The lowest BCUT2D eigenvalue weighted by Crippen LogP contribution is -2.03. The summed E-state index contributed by atoms with van der Waals surface area (Å²) < 4.78 is 1.56. The Morgan fingerprint density at radius 2 is 2.20 bits per heavy atom. The smallest absolute Gasteiger partial charge is 0.136 e. The van der Waals surface area contributed by atoms with Crippen LogP contribution in [-0.2, 0) is 13.2 Å². The fraction of sp³-hybridized carbons (Fsp3) is 0.300. The molecular weight excluding hydrogens is 192 g/mol. The summed E-state index contributed by atoms with van der Waals surface area (Å²) in [4.78, 5) is 8.13. The minimum Gasteiger partial charge on any atom is -0.374 e. The summed E-state index contributed by atoms with van der Waals surface area (Å²) in [6.07, 6.45) is 5.73. The van der Waals surface area contributed by atoms with Gasteiger partial charge >= 0.3 is 0 Å². The third-order valence-electron chi connectivity index (χ3n) is 2.19. The highest BCUT2D eigenvalue weighted by Gasteiger charge is 2.08. The fourth-order valence-corrected chi connectivity index (χ4v) is 1.42. The summed E-state index contributed by atoms with van der Waals surface area (Å²) in [7, 11) is 0. The van der Waals surface area contributed by atoms with E-state index in [0.717, 1.165) is 23.5 Å². The molecule has 0 aliphatic rings. The summed E-state index contributed by atoms with van der Waals surface area (Å²) in [6.45, 7) is 1.91. The molecule has 5 heteroatoms. The van der Waals surface area contributed by atoms with E-state index in [9.17, 15) is 0 Å². The van der Waals surface area contributed by atoms with Gasteiger partial charge in [-0.25, -0.2) is 4.68 Å². The summed E-state index contributed by atoms with van der Waals surface area (Å²) in [5.41, 5.74) is 2.45. The lowest BCUT2D eigenvalue weighted by Gasteiger charge is -1.98. The normalized spacial score (nSPS) is 10.5. The molecule has 0 aliphatic carbocycles. The Hall–Kier alpha value is -1.75. The average molecular weight is 204 g/mol. The van der Waals surface area contributed by atoms with Crippen LogP contribution in [0.3, 0.4) is 0 Å². The average Bonchev–Trinajstić information content (AvgIpc) is 2.73. The van der Waals surface area contributed by atoms with Gasteiger partial charge in [0.25, 0.3) is 0 Å². The number of aliphatic hydroxyl groups excluding tert-OH is 1. The van der Waals surface area contributed by atoms with Gasteiger partial charge in [0.1, 0.15) is 18.1 Å². The SMILES string of the molecule is CCc1cc(-c2cnccn2)nn1CO. The van der Waals surface area contributed by atoms with Crippen molar-refractivity contribution < 1.29 is 5.11 Å². The minimum atomic E-state index is -0.108. The van der Waals surface area contributed by atoms with E-state index in [0.29, 0.717) is 0 Å². The molecule has 0 aliphatic heterocycles. The maximum atomic E-state index is 9.07. The molecule has 1 N–H and O–H groups in total. The predicted molar refractivity (Wildman–Crippen MR) is 54.8 cm³/mol. The van der Waals surface area contributed by atoms with Crippen LogP contribution in [0.5, 0.6) is 0 Å². The lowest BCUT2D eigenvalue weighted by atomic mass is 10.2. The minimum absolute atomic E-state index is 0.108. The molecule has 2 aromatic heterocycles. The topological polar surface area (TPSA) is 63.8 Å². The summed E-state index contributed by atoms with van der Waals surface area (Å²) in [5, 5.41) is 13.3. The van der Waals surface area contributed by atoms with E-state index in [1.807, 2.05) is 13.0 Å². The van der Waals surface area contributed by atoms with Crippen molar-refractivity contribution >= 4 is 0 Å².